The number of carbonyl (C=O) groups is 2. The van der Waals surface area contributed by atoms with Crippen LogP contribution in [0, 0.1) is 18.8 Å². The molecule has 0 spiro atoms. The number of Topliss-reactive ketones (excluding diaryl/α,β-unsaturated/α-hetero) is 1. The van der Waals surface area contributed by atoms with Crippen molar-refractivity contribution in [3.63, 3.8) is 0 Å². The Labute approximate surface area is 198 Å². The number of carbonyl (C=O) groups excluding carboxylic acids is 2. The van der Waals surface area contributed by atoms with Crippen molar-refractivity contribution in [1.82, 2.24) is 4.90 Å². The Hall–Kier alpha value is -2.79. The van der Waals surface area contributed by atoms with E-state index >= 15 is 0 Å². The molecule has 0 aliphatic carbocycles. The highest BCUT2D eigenvalue weighted by atomic mass is 35.5. The molecule has 33 heavy (non-hydrogen) atoms. The molecule has 2 aliphatic rings. The smallest absolute Gasteiger partial charge is 0.289 e. The number of amides is 1. The van der Waals surface area contributed by atoms with Crippen LogP contribution in [0.2, 0.25) is 5.02 Å². The van der Waals surface area contributed by atoms with Crippen LogP contribution >= 0.6 is 11.6 Å². The molecular weight excluding hydrogens is 438 g/mol. The average Bonchev–Trinajstić information content (AvgIpc) is 3.09. The summed E-state index contributed by atoms with van der Waals surface area (Å²) < 4.78 is 12.4. The zero-order chi connectivity index (χ0) is 23.5. The van der Waals surface area contributed by atoms with Crippen molar-refractivity contribution in [1.29, 1.82) is 0 Å². The third-order valence-corrected chi connectivity index (χ3v) is 7.23. The normalized spacial score (nSPS) is 25.1. The molecule has 1 saturated heterocycles. The van der Waals surface area contributed by atoms with E-state index in [1.54, 1.807) is 24.3 Å². The second-order valence-corrected chi connectivity index (χ2v) is 10.4. The third-order valence-electron chi connectivity index (χ3n) is 6.97. The maximum absolute atomic E-state index is 13.4. The van der Waals surface area contributed by atoms with E-state index in [2.05, 4.69) is 13.8 Å². The monoisotopic (exact) mass is 465 g/mol. The van der Waals surface area contributed by atoms with Crippen LogP contribution in [0.1, 0.15) is 65.7 Å². The zero-order valence-electron chi connectivity index (χ0n) is 19.4. The summed E-state index contributed by atoms with van der Waals surface area (Å²) in [7, 11) is 0. The van der Waals surface area contributed by atoms with Gasteiger partial charge in [-0.15, -0.1) is 0 Å². The van der Waals surface area contributed by atoms with Gasteiger partial charge < -0.3 is 14.1 Å². The summed E-state index contributed by atoms with van der Waals surface area (Å²) in [4.78, 5) is 28.7. The number of hydrogen-bond acceptors (Lipinski definition) is 4. The Morgan fingerprint density at radius 3 is 2.42 bits per heavy atom. The molecule has 172 valence electrons. The minimum absolute atomic E-state index is 0.0255. The van der Waals surface area contributed by atoms with Crippen LogP contribution < -0.4 is 4.74 Å². The fourth-order valence-electron chi connectivity index (χ4n) is 5.50. The van der Waals surface area contributed by atoms with E-state index in [0.29, 0.717) is 50.5 Å². The number of benzene rings is 2. The number of aryl methyl sites for hydroxylation is 1. The van der Waals surface area contributed by atoms with E-state index in [0.717, 1.165) is 25.1 Å². The fraction of sp³-hybridized carbons (Fsp3) is 0.407. The van der Waals surface area contributed by atoms with Crippen molar-refractivity contribution in [3.05, 3.63) is 63.9 Å². The van der Waals surface area contributed by atoms with Crippen molar-refractivity contribution in [2.24, 2.45) is 11.8 Å². The number of fused-ring (bicyclic) bond motifs is 3. The van der Waals surface area contributed by atoms with Gasteiger partial charge in [0.2, 0.25) is 0 Å². The third kappa shape index (κ3) is 3.72. The molecule has 2 aromatic carbocycles. The molecular formula is C27H28ClNO4. The number of furan rings is 1. The second kappa shape index (κ2) is 7.91. The lowest BCUT2D eigenvalue weighted by Gasteiger charge is -2.35. The highest BCUT2D eigenvalue weighted by Gasteiger charge is 2.40. The summed E-state index contributed by atoms with van der Waals surface area (Å²) in [6, 6.07) is 10.9. The van der Waals surface area contributed by atoms with Gasteiger partial charge in [-0.1, -0.05) is 37.6 Å². The van der Waals surface area contributed by atoms with Crippen molar-refractivity contribution in [2.45, 2.75) is 46.1 Å². The van der Waals surface area contributed by atoms with Crippen molar-refractivity contribution >= 4 is 34.3 Å². The van der Waals surface area contributed by atoms with Crippen molar-refractivity contribution in [3.8, 4) is 5.75 Å². The number of likely N-dealkylation sites (tertiary alicyclic amines) is 1. The first-order valence-corrected chi connectivity index (χ1v) is 11.9. The van der Waals surface area contributed by atoms with Crippen molar-refractivity contribution in [2.75, 3.05) is 13.1 Å². The molecule has 0 N–H and O–H groups in total. The Kier molecular flexibility index (Phi) is 5.28. The van der Waals surface area contributed by atoms with E-state index < -0.39 is 5.60 Å². The first-order valence-electron chi connectivity index (χ1n) is 11.5. The van der Waals surface area contributed by atoms with Crippen LogP contribution in [0.25, 0.3) is 11.0 Å². The van der Waals surface area contributed by atoms with E-state index in [1.807, 2.05) is 30.9 Å². The van der Waals surface area contributed by atoms with Gasteiger partial charge >= 0.3 is 0 Å². The van der Waals surface area contributed by atoms with Gasteiger partial charge in [-0.3, -0.25) is 9.59 Å². The molecule has 0 saturated carbocycles. The van der Waals surface area contributed by atoms with Gasteiger partial charge in [0, 0.05) is 29.1 Å². The number of nitrogens with zero attached hydrogens (tertiary/aromatic N) is 1. The van der Waals surface area contributed by atoms with E-state index in [-0.39, 0.29) is 18.1 Å². The number of ether oxygens (including phenoxy) is 1. The quantitative estimate of drug-likeness (QED) is 0.439. The van der Waals surface area contributed by atoms with Crippen LogP contribution in [0.15, 0.2) is 40.8 Å². The molecule has 1 aromatic heterocycles. The van der Waals surface area contributed by atoms with Gasteiger partial charge in [0.25, 0.3) is 5.91 Å². The Morgan fingerprint density at radius 1 is 1.09 bits per heavy atom. The molecule has 2 aliphatic heterocycles. The lowest BCUT2D eigenvalue weighted by Crippen LogP contribution is -2.42. The summed E-state index contributed by atoms with van der Waals surface area (Å²) >= 11 is 6.04. The maximum atomic E-state index is 13.4. The van der Waals surface area contributed by atoms with Gasteiger partial charge in [0.1, 0.15) is 16.9 Å². The molecule has 0 unspecified atom stereocenters. The maximum Gasteiger partial charge on any atom is 0.289 e. The number of piperidine rings is 1. The van der Waals surface area contributed by atoms with Gasteiger partial charge in [0.15, 0.2) is 11.5 Å². The topological polar surface area (TPSA) is 59.8 Å². The van der Waals surface area contributed by atoms with E-state index in [4.69, 9.17) is 20.8 Å². The molecule has 3 aromatic rings. The lowest BCUT2D eigenvalue weighted by atomic mass is 9.84. The Morgan fingerprint density at radius 2 is 1.76 bits per heavy atom. The summed E-state index contributed by atoms with van der Waals surface area (Å²) in [6.07, 6.45) is 1.31. The molecule has 1 fully saturated rings. The Bertz CT molecular complexity index is 1250. The Balaban J connectivity index is 1.54. The zero-order valence-corrected chi connectivity index (χ0v) is 20.2. The van der Waals surface area contributed by atoms with Crippen LogP contribution in [-0.2, 0) is 5.60 Å². The van der Waals surface area contributed by atoms with Gasteiger partial charge in [-0.05, 0) is 61.9 Å². The predicted octanol–water partition coefficient (Wildman–Crippen LogP) is 6.39. The molecule has 3 atom stereocenters. The summed E-state index contributed by atoms with van der Waals surface area (Å²) in [6.45, 7) is 9.56. The minimum Gasteiger partial charge on any atom is -0.482 e. The number of hydrogen-bond donors (Lipinski definition) is 0. The predicted molar refractivity (Wildman–Crippen MR) is 128 cm³/mol. The molecule has 5 rings (SSSR count). The SMILES string of the molecule is Cc1c(C(=O)N2C[C@H](C)C[C@H](C)C2)oc2ccc3c(c12)C(=O)C[C@](C)(c1ccc(Cl)cc1)O3. The van der Waals surface area contributed by atoms with Gasteiger partial charge in [0.05, 0.1) is 12.0 Å². The molecule has 0 radical (unpaired) electrons. The summed E-state index contributed by atoms with van der Waals surface area (Å²) in [5.74, 6) is 1.61. The van der Waals surface area contributed by atoms with Gasteiger partial charge in [-0.25, -0.2) is 0 Å². The van der Waals surface area contributed by atoms with Crippen LogP contribution in [-0.4, -0.2) is 29.7 Å². The molecule has 6 heteroatoms. The van der Waals surface area contributed by atoms with Crippen molar-refractivity contribution < 1.29 is 18.7 Å². The summed E-state index contributed by atoms with van der Waals surface area (Å²) in [5.41, 5.74) is 1.84. The average molecular weight is 466 g/mol. The standard InChI is InChI=1S/C27H28ClNO4/c1-15-11-16(2)14-29(13-15)26(31)25-17(3)23-21(32-25)9-10-22-24(23)20(30)12-27(4,33-22)18-5-7-19(28)8-6-18/h5-10,15-16H,11-14H2,1-4H3/t15-,16+,27-/m1/s1. The fourth-order valence-corrected chi connectivity index (χ4v) is 5.62. The number of ketones is 1. The highest BCUT2D eigenvalue weighted by molar-refractivity contribution is 6.30. The van der Waals surface area contributed by atoms with Crippen LogP contribution in [0.3, 0.4) is 0 Å². The van der Waals surface area contributed by atoms with Crippen LogP contribution in [0.5, 0.6) is 5.75 Å². The molecule has 0 bridgehead atoms. The van der Waals surface area contributed by atoms with E-state index in [1.165, 1.54) is 0 Å². The molecule has 5 nitrogen and oxygen atoms in total. The number of halogens is 1. The highest BCUT2D eigenvalue weighted by Crippen LogP contribution is 2.44. The van der Waals surface area contributed by atoms with Crippen LogP contribution in [0.4, 0.5) is 0 Å². The number of rotatable bonds is 2. The largest absolute Gasteiger partial charge is 0.482 e. The second-order valence-electron chi connectivity index (χ2n) is 9.96. The van der Waals surface area contributed by atoms with Gasteiger partial charge in [-0.2, -0.15) is 0 Å². The first-order chi connectivity index (χ1) is 15.7. The molecule has 3 heterocycles. The molecule has 1 amide bonds. The minimum atomic E-state index is -0.793. The summed E-state index contributed by atoms with van der Waals surface area (Å²) in [5, 5.41) is 1.31. The lowest BCUT2D eigenvalue weighted by molar-refractivity contribution is 0.0507. The first kappa shape index (κ1) is 22.0. The van der Waals surface area contributed by atoms with E-state index in [9.17, 15) is 9.59 Å².